The van der Waals surface area contributed by atoms with Crippen LogP contribution in [0.1, 0.15) is 35.4 Å². The molecular formula is C16H19ClN2O2. The number of furan rings is 1. The summed E-state index contributed by atoms with van der Waals surface area (Å²) >= 11 is 6.02. The van der Waals surface area contributed by atoms with Gasteiger partial charge in [0.2, 0.25) is 0 Å². The van der Waals surface area contributed by atoms with E-state index in [1.165, 1.54) is 0 Å². The molecule has 2 heterocycles. The van der Waals surface area contributed by atoms with Gasteiger partial charge in [0.25, 0.3) is 5.91 Å². The molecule has 0 unspecified atom stereocenters. The van der Waals surface area contributed by atoms with Crippen molar-refractivity contribution in [3.05, 3.63) is 34.5 Å². The van der Waals surface area contributed by atoms with E-state index >= 15 is 0 Å². The van der Waals surface area contributed by atoms with Crippen LogP contribution in [-0.2, 0) is 0 Å². The maximum atomic E-state index is 12.8. The predicted molar refractivity (Wildman–Crippen MR) is 83.7 cm³/mol. The minimum atomic E-state index is -0.0602. The second-order valence-electron chi connectivity index (χ2n) is 5.58. The van der Waals surface area contributed by atoms with E-state index in [4.69, 9.17) is 21.8 Å². The molecule has 1 saturated heterocycles. The van der Waals surface area contributed by atoms with Crippen molar-refractivity contribution in [3.8, 4) is 0 Å². The molecule has 112 valence electrons. The summed E-state index contributed by atoms with van der Waals surface area (Å²) in [5.74, 6) is 0.350. The Morgan fingerprint density at radius 3 is 3.05 bits per heavy atom. The average Bonchev–Trinajstić information content (AvgIpc) is 2.83. The van der Waals surface area contributed by atoms with Crippen molar-refractivity contribution in [3.63, 3.8) is 0 Å². The molecule has 0 spiro atoms. The monoisotopic (exact) mass is 306 g/mol. The molecule has 21 heavy (non-hydrogen) atoms. The molecule has 1 aromatic carbocycles. The number of fused-ring (bicyclic) bond motifs is 1. The molecule has 0 bridgehead atoms. The lowest BCUT2D eigenvalue weighted by atomic mass is 10.0. The van der Waals surface area contributed by atoms with Crippen LogP contribution in [0.4, 0.5) is 0 Å². The molecule has 1 amide bonds. The van der Waals surface area contributed by atoms with Gasteiger partial charge in [0, 0.05) is 35.1 Å². The molecule has 1 aliphatic heterocycles. The standard InChI is InChI=1S/C16H19ClN2O2/c1-10-13-8-11(17)5-6-14(13)21-15(10)16(20)19-7-3-2-4-12(19)9-18/h5-6,8,12H,2-4,7,9,18H2,1H3/t12-/m0/s1. The van der Waals surface area contributed by atoms with Crippen LogP contribution in [0, 0.1) is 6.92 Å². The van der Waals surface area contributed by atoms with Crippen LogP contribution >= 0.6 is 11.6 Å². The first-order valence-corrected chi connectivity index (χ1v) is 7.69. The van der Waals surface area contributed by atoms with Gasteiger partial charge in [-0.25, -0.2) is 0 Å². The Bertz CT molecular complexity index is 680. The highest BCUT2D eigenvalue weighted by Crippen LogP contribution is 2.30. The number of aryl methyl sites for hydroxylation is 1. The van der Waals surface area contributed by atoms with Crippen molar-refractivity contribution in [1.29, 1.82) is 0 Å². The van der Waals surface area contributed by atoms with Crippen molar-refractivity contribution >= 4 is 28.5 Å². The molecule has 1 atom stereocenters. The Balaban J connectivity index is 1.99. The molecule has 0 radical (unpaired) electrons. The van der Waals surface area contributed by atoms with E-state index in [0.717, 1.165) is 36.8 Å². The van der Waals surface area contributed by atoms with Crippen molar-refractivity contribution in [2.45, 2.75) is 32.2 Å². The van der Waals surface area contributed by atoms with Gasteiger partial charge in [-0.05, 0) is 44.4 Å². The number of carbonyl (C=O) groups excluding carboxylic acids is 1. The number of piperidine rings is 1. The maximum Gasteiger partial charge on any atom is 0.290 e. The van der Waals surface area contributed by atoms with Gasteiger partial charge in [0.05, 0.1) is 0 Å². The van der Waals surface area contributed by atoms with Gasteiger partial charge in [0.1, 0.15) is 5.58 Å². The minimum Gasteiger partial charge on any atom is -0.451 e. The molecule has 3 rings (SSSR count). The summed E-state index contributed by atoms with van der Waals surface area (Å²) in [5.41, 5.74) is 7.34. The fraction of sp³-hybridized carbons (Fsp3) is 0.438. The molecule has 2 aromatic rings. The molecule has 1 aromatic heterocycles. The first kappa shape index (κ1) is 14.4. The van der Waals surface area contributed by atoms with Crippen molar-refractivity contribution < 1.29 is 9.21 Å². The van der Waals surface area contributed by atoms with Crippen molar-refractivity contribution in [2.24, 2.45) is 5.73 Å². The fourth-order valence-corrected chi connectivity index (χ4v) is 3.21. The predicted octanol–water partition coefficient (Wildman–Crippen LogP) is 3.35. The van der Waals surface area contributed by atoms with Gasteiger partial charge in [-0.2, -0.15) is 0 Å². The van der Waals surface area contributed by atoms with Crippen LogP contribution in [0.25, 0.3) is 11.0 Å². The third-order valence-electron chi connectivity index (χ3n) is 4.25. The molecule has 4 nitrogen and oxygen atoms in total. The van der Waals surface area contributed by atoms with Crippen LogP contribution in [0.5, 0.6) is 0 Å². The first-order chi connectivity index (χ1) is 10.1. The highest BCUT2D eigenvalue weighted by molar-refractivity contribution is 6.31. The Morgan fingerprint density at radius 2 is 2.29 bits per heavy atom. The van der Waals surface area contributed by atoms with Crippen LogP contribution in [0.3, 0.4) is 0 Å². The summed E-state index contributed by atoms with van der Waals surface area (Å²) in [6.07, 6.45) is 3.11. The summed E-state index contributed by atoms with van der Waals surface area (Å²) in [6, 6.07) is 5.52. The Morgan fingerprint density at radius 1 is 1.48 bits per heavy atom. The van der Waals surface area contributed by atoms with Gasteiger partial charge in [-0.1, -0.05) is 11.6 Å². The number of halogens is 1. The second-order valence-corrected chi connectivity index (χ2v) is 6.02. The van der Waals surface area contributed by atoms with Gasteiger partial charge in [0.15, 0.2) is 5.76 Å². The lowest BCUT2D eigenvalue weighted by Crippen LogP contribution is -2.47. The number of nitrogens with zero attached hydrogens (tertiary/aromatic N) is 1. The van der Waals surface area contributed by atoms with E-state index < -0.39 is 0 Å². The largest absolute Gasteiger partial charge is 0.451 e. The smallest absolute Gasteiger partial charge is 0.290 e. The third-order valence-corrected chi connectivity index (χ3v) is 4.49. The zero-order valence-electron chi connectivity index (χ0n) is 12.1. The zero-order chi connectivity index (χ0) is 15.0. The van der Waals surface area contributed by atoms with Crippen LogP contribution < -0.4 is 5.73 Å². The number of amides is 1. The number of hydrogen-bond acceptors (Lipinski definition) is 3. The SMILES string of the molecule is Cc1c(C(=O)N2CCCC[C@H]2CN)oc2ccc(Cl)cc12. The highest BCUT2D eigenvalue weighted by Gasteiger charge is 2.30. The van der Waals surface area contributed by atoms with Crippen LogP contribution in [-0.4, -0.2) is 29.9 Å². The molecule has 5 heteroatoms. The number of hydrogen-bond donors (Lipinski definition) is 1. The van der Waals surface area contributed by atoms with E-state index in [1.807, 2.05) is 17.9 Å². The third kappa shape index (κ3) is 2.54. The number of likely N-dealkylation sites (tertiary alicyclic amines) is 1. The number of benzene rings is 1. The molecule has 0 aliphatic carbocycles. The quantitative estimate of drug-likeness (QED) is 0.925. The average molecular weight is 307 g/mol. The van der Waals surface area contributed by atoms with E-state index in [9.17, 15) is 4.79 Å². The Kier molecular flexibility index (Phi) is 3.91. The van der Waals surface area contributed by atoms with E-state index in [0.29, 0.717) is 22.9 Å². The first-order valence-electron chi connectivity index (χ1n) is 7.31. The summed E-state index contributed by atoms with van der Waals surface area (Å²) < 4.78 is 5.77. The molecule has 2 N–H and O–H groups in total. The molecule has 1 fully saturated rings. The summed E-state index contributed by atoms with van der Waals surface area (Å²) in [7, 11) is 0. The lowest BCUT2D eigenvalue weighted by molar-refractivity contribution is 0.0592. The van der Waals surface area contributed by atoms with Crippen LogP contribution in [0.2, 0.25) is 5.02 Å². The summed E-state index contributed by atoms with van der Waals surface area (Å²) in [6.45, 7) is 3.14. The lowest BCUT2D eigenvalue weighted by Gasteiger charge is -2.34. The van der Waals surface area contributed by atoms with Gasteiger partial charge in [-0.15, -0.1) is 0 Å². The van der Waals surface area contributed by atoms with Crippen molar-refractivity contribution in [2.75, 3.05) is 13.1 Å². The van der Waals surface area contributed by atoms with E-state index in [1.54, 1.807) is 12.1 Å². The minimum absolute atomic E-state index is 0.0602. The van der Waals surface area contributed by atoms with Gasteiger partial charge >= 0.3 is 0 Å². The fourth-order valence-electron chi connectivity index (χ4n) is 3.04. The van der Waals surface area contributed by atoms with Crippen LogP contribution in [0.15, 0.2) is 22.6 Å². The van der Waals surface area contributed by atoms with Crippen molar-refractivity contribution in [1.82, 2.24) is 4.90 Å². The number of rotatable bonds is 2. The van der Waals surface area contributed by atoms with E-state index in [-0.39, 0.29) is 11.9 Å². The highest BCUT2D eigenvalue weighted by atomic mass is 35.5. The normalized spacial score (nSPS) is 19.2. The van der Waals surface area contributed by atoms with E-state index in [2.05, 4.69) is 0 Å². The number of nitrogens with two attached hydrogens (primary N) is 1. The summed E-state index contributed by atoms with van der Waals surface area (Å²) in [4.78, 5) is 14.6. The van der Waals surface area contributed by atoms with Gasteiger partial charge < -0.3 is 15.1 Å². The molecular weight excluding hydrogens is 288 g/mol. The second kappa shape index (κ2) is 5.70. The Labute approximate surface area is 128 Å². The maximum absolute atomic E-state index is 12.8. The molecule has 0 saturated carbocycles. The number of carbonyl (C=O) groups is 1. The van der Waals surface area contributed by atoms with Gasteiger partial charge in [-0.3, -0.25) is 4.79 Å². The molecule has 1 aliphatic rings. The summed E-state index contributed by atoms with van der Waals surface area (Å²) in [5, 5.41) is 1.54. The topological polar surface area (TPSA) is 59.5 Å². The Hall–Kier alpha value is -1.52. The zero-order valence-corrected chi connectivity index (χ0v) is 12.8.